The second-order valence-corrected chi connectivity index (χ2v) is 5.78. The van der Waals surface area contributed by atoms with Gasteiger partial charge in [0.2, 0.25) is 11.8 Å². The molecule has 2 saturated carbocycles. The lowest BCUT2D eigenvalue weighted by Gasteiger charge is -2.36. The van der Waals surface area contributed by atoms with Crippen LogP contribution in [0.25, 0.3) is 0 Å². The van der Waals surface area contributed by atoms with E-state index < -0.39 is 0 Å². The highest BCUT2D eigenvalue weighted by Crippen LogP contribution is 2.30. The van der Waals surface area contributed by atoms with Gasteiger partial charge in [0.25, 0.3) is 0 Å². The van der Waals surface area contributed by atoms with Crippen molar-refractivity contribution in [1.82, 2.24) is 9.80 Å². The van der Waals surface area contributed by atoms with Crippen LogP contribution in [-0.4, -0.2) is 53.3 Å². The highest BCUT2D eigenvalue weighted by Gasteiger charge is 2.39. The lowest BCUT2D eigenvalue weighted by molar-refractivity contribution is -0.148. The van der Waals surface area contributed by atoms with Gasteiger partial charge in [0.05, 0.1) is 12.5 Å². The number of nitrogens with two attached hydrogens (primary N) is 1. The summed E-state index contributed by atoms with van der Waals surface area (Å²) >= 11 is 0. The number of hydrogen-bond donors (Lipinski definition) is 1. The molecule has 3 rings (SSSR count). The van der Waals surface area contributed by atoms with Gasteiger partial charge in [-0.25, -0.2) is 0 Å². The van der Waals surface area contributed by atoms with Crippen molar-refractivity contribution in [3.8, 4) is 0 Å². The number of hydrogen-bond acceptors (Lipinski definition) is 3. The fourth-order valence-electron chi connectivity index (χ4n) is 3.18. The van der Waals surface area contributed by atoms with Crippen molar-refractivity contribution >= 4 is 11.8 Å². The molecule has 2 aliphatic carbocycles. The van der Waals surface area contributed by atoms with Crippen LogP contribution in [0.5, 0.6) is 0 Å². The number of nitrogens with zero attached hydrogens (tertiary/aromatic N) is 2. The minimum absolute atomic E-state index is 0.00550. The van der Waals surface area contributed by atoms with Crippen molar-refractivity contribution in [2.24, 2.45) is 11.7 Å². The maximum absolute atomic E-state index is 12.3. The fraction of sp³-hybridized carbons (Fsp3) is 0.846. The minimum Gasteiger partial charge on any atom is -0.336 e. The van der Waals surface area contributed by atoms with E-state index in [-0.39, 0.29) is 30.3 Å². The third kappa shape index (κ3) is 2.11. The molecule has 0 radical (unpaired) electrons. The van der Waals surface area contributed by atoms with Gasteiger partial charge in [-0.1, -0.05) is 6.42 Å². The molecular weight excluding hydrogens is 230 g/mol. The molecule has 2 N–H and O–H groups in total. The lowest BCUT2D eigenvalue weighted by Crippen LogP contribution is -2.55. The number of rotatable bonds is 2. The molecule has 5 heteroatoms. The zero-order valence-corrected chi connectivity index (χ0v) is 10.7. The van der Waals surface area contributed by atoms with Gasteiger partial charge in [0.15, 0.2) is 0 Å². The lowest BCUT2D eigenvalue weighted by atomic mass is 10.0. The van der Waals surface area contributed by atoms with E-state index in [9.17, 15) is 9.59 Å². The molecule has 0 spiro atoms. The van der Waals surface area contributed by atoms with Crippen molar-refractivity contribution in [2.45, 2.75) is 44.2 Å². The van der Waals surface area contributed by atoms with Gasteiger partial charge < -0.3 is 15.5 Å². The van der Waals surface area contributed by atoms with Crippen LogP contribution < -0.4 is 5.73 Å². The van der Waals surface area contributed by atoms with Crippen molar-refractivity contribution in [3.05, 3.63) is 0 Å². The van der Waals surface area contributed by atoms with Gasteiger partial charge in [-0.05, 0) is 25.7 Å². The van der Waals surface area contributed by atoms with E-state index >= 15 is 0 Å². The molecule has 0 aromatic heterocycles. The molecule has 3 aliphatic rings. The van der Waals surface area contributed by atoms with Gasteiger partial charge in [0, 0.05) is 25.2 Å². The van der Waals surface area contributed by atoms with Crippen molar-refractivity contribution < 1.29 is 9.59 Å². The molecule has 18 heavy (non-hydrogen) atoms. The molecule has 3 fully saturated rings. The third-order valence-corrected chi connectivity index (χ3v) is 4.44. The average molecular weight is 251 g/mol. The normalized spacial score (nSPS) is 33.1. The predicted molar refractivity (Wildman–Crippen MR) is 66.6 cm³/mol. The van der Waals surface area contributed by atoms with Crippen LogP contribution in [0.2, 0.25) is 0 Å². The van der Waals surface area contributed by atoms with Crippen LogP contribution >= 0.6 is 0 Å². The van der Waals surface area contributed by atoms with Crippen molar-refractivity contribution in [3.63, 3.8) is 0 Å². The molecule has 0 bridgehead atoms. The van der Waals surface area contributed by atoms with Gasteiger partial charge in [-0.3, -0.25) is 9.59 Å². The quantitative estimate of drug-likeness (QED) is 0.748. The molecule has 2 atom stereocenters. The van der Waals surface area contributed by atoms with E-state index in [4.69, 9.17) is 5.73 Å². The van der Waals surface area contributed by atoms with Gasteiger partial charge in [-0.15, -0.1) is 0 Å². The Hall–Kier alpha value is -1.10. The highest BCUT2D eigenvalue weighted by atomic mass is 16.2. The van der Waals surface area contributed by atoms with E-state index in [1.165, 1.54) is 0 Å². The summed E-state index contributed by atoms with van der Waals surface area (Å²) in [5.41, 5.74) is 5.96. The highest BCUT2D eigenvalue weighted by molar-refractivity contribution is 5.87. The predicted octanol–water partition coefficient (Wildman–Crippen LogP) is -0.0530. The Morgan fingerprint density at radius 3 is 2.50 bits per heavy atom. The average Bonchev–Trinajstić information content (AvgIpc) is 3.10. The van der Waals surface area contributed by atoms with Gasteiger partial charge in [-0.2, -0.15) is 0 Å². The summed E-state index contributed by atoms with van der Waals surface area (Å²) in [4.78, 5) is 28.0. The smallest absolute Gasteiger partial charge is 0.242 e. The van der Waals surface area contributed by atoms with Crippen LogP contribution in [0.1, 0.15) is 32.1 Å². The summed E-state index contributed by atoms with van der Waals surface area (Å²) in [7, 11) is 0. The van der Waals surface area contributed by atoms with Crippen LogP contribution in [-0.2, 0) is 9.59 Å². The van der Waals surface area contributed by atoms with E-state index in [0.717, 1.165) is 32.1 Å². The summed E-state index contributed by atoms with van der Waals surface area (Å²) in [6, 6.07) is 0.456. The molecule has 0 aromatic rings. The van der Waals surface area contributed by atoms with E-state index in [0.29, 0.717) is 19.1 Å². The van der Waals surface area contributed by atoms with Crippen molar-refractivity contribution in [1.29, 1.82) is 0 Å². The molecule has 0 aromatic carbocycles. The topological polar surface area (TPSA) is 66.6 Å². The minimum atomic E-state index is -0.0507. The number of piperazine rings is 1. The Bertz CT molecular complexity index is 367. The maximum atomic E-state index is 12.3. The first-order valence-electron chi connectivity index (χ1n) is 7.00. The largest absolute Gasteiger partial charge is 0.336 e. The number of carbonyl (C=O) groups is 2. The molecule has 1 aliphatic heterocycles. The van der Waals surface area contributed by atoms with Crippen LogP contribution in [0.3, 0.4) is 0 Å². The van der Waals surface area contributed by atoms with Crippen LogP contribution in [0, 0.1) is 5.92 Å². The molecule has 1 saturated heterocycles. The molecule has 100 valence electrons. The Morgan fingerprint density at radius 2 is 1.94 bits per heavy atom. The Morgan fingerprint density at radius 1 is 1.17 bits per heavy atom. The van der Waals surface area contributed by atoms with Crippen LogP contribution in [0.4, 0.5) is 0 Å². The number of amides is 2. The molecule has 1 heterocycles. The summed E-state index contributed by atoms with van der Waals surface area (Å²) in [5, 5.41) is 0. The number of carbonyl (C=O) groups excluding carboxylic acids is 2. The van der Waals surface area contributed by atoms with Crippen LogP contribution in [0.15, 0.2) is 0 Å². The Balaban J connectivity index is 1.60. The Labute approximate surface area is 107 Å². The molecule has 2 amide bonds. The molecule has 2 unspecified atom stereocenters. The van der Waals surface area contributed by atoms with E-state index in [1.807, 2.05) is 4.90 Å². The summed E-state index contributed by atoms with van der Waals surface area (Å²) in [5.74, 6) is 0.165. The maximum Gasteiger partial charge on any atom is 0.242 e. The Kier molecular flexibility index (Phi) is 3.01. The summed E-state index contributed by atoms with van der Waals surface area (Å²) in [6.07, 6.45) is 5.12. The standard InChI is InChI=1S/C13H21N3O2/c14-11-3-1-2-10(11)13(18)15-6-7-16(9-4-5-9)12(17)8-15/h9-11H,1-8,14H2. The fourth-order valence-corrected chi connectivity index (χ4v) is 3.18. The van der Waals surface area contributed by atoms with Gasteiger partial charge in [0.1, 0.15) is 0 Å². The second kappa shape index (κ2) is 4.53. The monoisotopic (exact) mass is 251 g/mol. The zero-order valence-electron chi connectivity index (χ0n) is 10.7. The summed E-state index contributed by atoms with van der Waals surface area (Å²) in [6.45, 7) is 1.65. The van der Waals surface area contributed by atoms with E-state index in [2.05, 4.69) is 0 Å². The zero-order chi connectivity index (χ0) is 12.7. The first-order chi connectivity index (χ1) is 8.66. The van der Waals surface area contributed by atoms with Crippen molar-refractivity contribution in [2.75, 3.05) is 19.6 Å². The SMILES string of the molecule is NC1CCCC1C(=O)N1CCN(C2CC2)C(=O)C1. The molecular formula is C13H21N3O2. The van der Waals surface area contributed by atoms with E-state index in [1.54, 1.807) is 4.90 Å². The first-order valence-corrected chi connectivity index (χ1v) is 7.00. The first kappa shape index (κ1) is 12.0. The molecule has 5 nitrogen and oxygen atoms in total. The van der Waals surface area contributed by atoms with Gasteiger partial charge >= 0.3 is 0 Å². The third-order valence-electron chi connectivity index (χ3n) is 4.44. The summed E-state index contributed by atoms with van der Waals surface area (Å²) < 4.78 is 0. The second-order valence-electron chi connectivity index (χ2n) is 5.78.